The molecule has 0 spiro atoms. The van der Waals surface area contributed by atoms with Crippen LogP contribution in [0.15, 0.2) is 12.1 Å². The number of rotatable bonds is 3. The second kappa shape index (κ2) is 4.11. The van der Waals surface area contributed by atoms with Gasteiger partial charge in [-0.2, -0.15) is 0 Å². The van der Waals surface area contributed by atoms with E-state index < -0.39 is 0 Å². The molecule has 3 N–H and O–H groups in total. The first-order valence-corrected chi connectivity index (χ1v) is 3.93. The van der Waals surface area contributed by atoms with Gasteiger partial charge in [-0.3, -0.25) is 0 Å². The summed E-state index contributed by atoms with van der Waals surface area (Å²) in [6.07, 6.45) is 0. The molecule has 0 aromatic heterocycles. The lowest BCUT2D eigenvalue weighted by atomic mass is 10.1. The monoisotopic (exact) mass is 183 g/mol. The largest absolute Gasteiger partial charge is 0.504 e. The lowest BCUT2D eigenvalue weighted by Gasteiger charge is -2.10. The zero-order chi connectivity index (χ0) is 9.84. The molecule has 13 heavy (non-hydrogen) atoms. The van der Waals surface area contributed by atoms with Crippen LogP contribution in [-0.4, -0.2) is 17.4 Å². The van der Waals surface area contributed by atoms with Gasteiger partial charge >= 0.3 is 0 Å². The van der Waals surface area contributed by atoms with Crippen molar-refractivity contribution in [3.8, 4) is 11.5 Å². The average molecular weight is 183 g/mol. The van der Waals surface area contributed by atoms with Crippen molar-refractivity contribution in [2.45, 2.75) is 13.5 Å². The Hall–Kier alpha value is -1.26. The van der Waals surface area contributed by atoms with Gasteiger partial charge < -0.3 is 15.1 Å². The van der Waals surface area contributed by atoms with Crippen LogP contribution in [0.1, 0.15) is 11.1 Å². The standard InChI is InChI=1S/C9H13NO3/c1-6-3-4-8(13-2)9(11)7(6)5-10-12/h3-4,10-12H,5H2,1-2H3. The molecule has 0 saturated carbocycles. The van der Waals surface area contributed by atoms with Crippen LogP contribution in [0.4, 0.5) is 0 Å². The van der Waals surface area contributed by atoms with Crippen LogP contribution in [0.25, 0.3) is 0 Å². The summed E-state index contributed by atoms with van der Waals surface area (Å²) in [6, 6.07) is 3.51. The smallest absolute Gasteiger partial charge is 0.162 e. The van der Waals surface area contributed by atoms with Crippen LogP contribution >= 0.6 is 0 Å². The van der Waals surface area contributed by atoms with Crippen molar-refractivity contribution in [3.63, 3.8) is 0 Å². The Morgan fingerprint density at radius 3 is 2.69 bits per heavy atom. The van der Waals surface area contributed by atoms with E-state index in [-0.39, 0.29) is 12.3 Å². The number of hydrogen-bond donors (Lipinski definition) is 3. The van der Waals surface area contributed by atoms with Gasteiger partial charge in [0.2, 0.25) is 0 Å². The SMILES string of the molecule is COc1ccc(C)c(CNO)c1O. The minimum atomic E-state index is 0.0732. The maximum atomic E-state index is 9.62. The first kappa shape index (κ1) is 9.83. The van der Waals surface area contributed by atoms with Gasteiger partial charge in [0.05, 0.1) is 7.11 Å². The number of phenols is 1. The highest BCUT2D eigenvalue weighted by Crippen LogP contribution is 2.31. The molecule has 0 saturated heterocycles. The van der Waals surface area contributed by atoms with E-state index in [1.165, 1.54) is 7.11 Å². The van der Waals surface area contributed by atoms with Gasteiger partial charge in [-0.15, -0.1) is 0 Å². The molecule has 0 radical (unpaired) electrons. The molecule has 1 rings (SSSR count). The fourth-order valence-corrected chi connectivity index (χ4v) is 1.18. The Morgan fingerprint density at radius 2 is 2.15 bits per heavy atom. The molecule has 0 bridgehead atoms. The number of ether oxygens (including phenoxy) is 1. The molecule has 4 heteroatoms. The van der Waals surface area contributed by atoms with Crippen molar-refractivity contribution in [1.29, 1.82) is 0 Å². The lowest BCUT2D eigenvalue weighted by Crippen LogP contribution is -2.08. The number of methoxy groups -OCH3 is 1. The molecule has 0 unspecified atom stereocenters. The maximum Gasteiger partial charge on any atom is 0.162 e. The van der Waals surface area contributed by atoms with Gasteiger partial charge in [0.25, 0.3) is 0 Å². The molecular formula is C9H13NO3. The van der Waals surface area contributed by atoms with Crippen LogP contribution in [0.3, 0.4) is 0 Å². The second-order valence-electron chi connectivity index (χ2n) is 2.75. The van der Waals surface area contributed by atoms with E-state index in [2.05, 4.69) is 0 Å². The van der Waals surface area contributed by atoms with Crippen molar-refractivity contribution in [3.05, 3.63) is 23.3 Å². The first-order valence-electron chi connectivity index (χ1n) is 3.93. The lowest BCUT2D eigenvalue weighted by molar-refractivity contribution is 0.159. The Morgan fingerprint density at radius 1 is 1.46 bits per heavy atom. The van der Waals surface area contributed by atoms with Crippen molar-refractivity contribution < 1.29 is 15.1 Å². The number of benzene rings is 1. The zero-order valence-corrected chi connectivity index (χ0v) is 7.66. The predicted octanol–water partition coefficient (Wildman–Crippen LogP) is 1.19. The minimum Gasteiger partial charge on any atom is -0.504 e. The van der Waals surface area contributed by atoms with Crippen LogP contribution in [0.2, 0.25) is 0 Å². The molecule has 1 aromatic rings. The molecule has 0 heterocycles. The molecule has 0 aliphatic heterocycles. The summed E-state index contributed by atoms with van der Waals surface area (Å²) < 4.78 is 4.93. The van der Waals surface area contributed by atoms with E-state index in [0.717, 1.165) is 5.56 Å². The van der Waals surface area contributed by atoms with E-state index >= 15 is 0 Å². The number of hydrogen-bond acceptors (Lipinski definition) is 4. The number of hydroxylamine groups is 1. The molecule has 4 nitrogen and oxygen atoms in total. The normalized spacial score (nSPS) is 10.1. The highest BCUT2D eigenvalue weighted by molar-refractivity contribution is 5.49. The van der Waals surface area contributed by atoms with Crippen LogP contribution in [0, 0.1) is 6.92 Å². The van der Waals surface area contributed by atoms with E-state index in [1.54, 1.807) is 6.07 Å². The number of phenolic OH excluding ortho intramolecular Hbond substituents is 1. The average Bonchev–Trinajstić information content (AvgIpc) is 2.12. The molecular weight excluding hydrogens is 170 g/mol. The van der Waals surface area contributed by atoms with Gasteiger partial charge in [0.1, 0.15) is 0 Å². The van der Waals surface area contributed by atoms with Gasteiger partial charge in [-0.05, 0) is 18.6 Å². The molecule has 0 aliphatic rings. The number of aromatic hydroxyl groups is 1. The third-order valence-electron chi connectivity index (χ3n) is 1.96. The fraction of sp³-hybridized carbons (Fsp3) is 0.333. The highest BCUT2D eigenvalue weighted by atomic mass is 16.5. The second-order valence-corrected chi connectivity index (χ2v) is 2.75. The van der Waals surface area contributed by atoms with Crippen molar-refractivity contribution in [2.24, 2.45) is 0 Å². The van der Waals surface area contributed by atoms with Gasteiger partial charge in [-0.1, -0.05) is 6.07 Å². The summed E-state index contributed by atoms with van der Waals surface area (Å²) in [5.74, 6) is 0.486. The van der Waals surface area contributed by atoms with E-state index in [1.807, 2.05) is 18.5 Å². The third-order valence-corrected chi connectivity index (χ3v) is 1.96. The van der Waals surface area contributed by atoms with Crippen molar-refractivity contribution >= 4 is 0 Å². The van der Waals surface area contributed by atoms with Crippen LogP contribution in [-0.2, 0) is 6.54 Å². The maximum absolute atomic E-state index is 9.62. The van der Waals surface area contributed by atoms with Gasteiger partial charge in [0, 0.05) is 12.1 Å². The third kappa shape index (κ3) is 1.91. The summed E-state index contributed by atoms with van der Waals surface area (Å²) in [6.45, 7) is 2.06. The summed E-state index contributed by atoms with van der Waals surface area (Å²) in [5, 5.41) is 18.2. The fourth-order valence-electron chi connectivity index (χ4n) is 1.18. The Kier molecular flexibility index (Phi) is 3.11. The van der Waals surface area contributed by atoms with E-state index in [0.29, 0.717) is 11.3 Å². The van der Waals surface area contributed by atoms with Crippen molar-refractivity contribution in [1.82, 2.24) is 5.48 Å². The van der Waals surface area contributed by atoms with Crippen LogP contribution in [0.5, 0.6) is 11.5 Å². The quantitative estimate of drug-likeness (QED) is 0.616. The number of aryl methyl sites for hydroxylation is 1. The molecule has 0 amide bonds. The zero-order valence-electron chi connectivity index (χ0n) is 7.66. The first-order chi connectivity index (χ1) is 6.20. The number of nitrogens with one attached hydrogen (secondary N) is 1. The van der Waals surface area contributed by atoms with Crippen molar-refractivity contribution in [2.75, 3.05) is 7.11 Å². The molecule has 1 aromatic carbocycles. The summed E-state index contributed by atoms with van der Waals surface area (Å²) in [7, 11) is 1.49. The molecule has 0 aliphatic carbocycles. The van der Waals surface area contributed by atoms with E-state index in [4.69, 9.17) is 9.94 Å². The summed E-state index contributed by atoms with van der Waals surface area (Å²) >= 11 is 0. The topological polar surface area (TPSA) is 61.7 Å². The predicted molar refractivity (Wildman–Crippen MR) is 48.0 cm³/mol. The summed E-state index contributed by atoms with van der Waals surface area (Å²) in [4.78, 5) is 0. The Labute approximate surface area is 76.7 Å². The summed E-state index contributed by atoms with van der Waals surface area (Å²) in [5.41, 5.74) is 3.54. The Balaban J connectivity index is 3.13. The van der Waals surface area contributed by atoms with Crippen LogP contribution < -0.4 is 10.2 Å². The minimum absolute atomic E-state index is 0.0732. The van der Waals surface area contributed by atoms with Gasteiger partial charge in [0.15, 0.2) is 11.5 Å². The molecule has 72 valence electrons. The molecule has 0 atom stereocenters. The van der Waals surface area contributed by atoms with Gasteiger partial charge in [-0.25, -0.2) is 5.48 Å². The highest BCUT2D eigenvalue weighted by Gasteiger charge is 2.09. The Bertz CT molecular complexity index is 299. The molecule has 0 fully saturated rings. The van der Waals surface area contributed by atoms with E-state index in [9.17, 15) is 5.11 Å².